The molecule has 0 unspecified atom stereocenters. The second-order valence-corrected chi connectivity index (χ2v) is 16.6. The number of fused-ring (bicyclic) bond motifs is 1. The van der Waals surface area contributed by atoms with E-state index >= 15 is 0 Å². The number of phenols is 1. The van der Waals surface area contributed by atoms with Crippen molar-refractivity contribution in [3.63, 3.8) is 0 Å². The molecule has 0 radical (unpaired) electrons. The molecule has 4 heteroatoms. The summed E-state index contributed by atoms with van der Waals surface area (Å²) in [6.45, 7) is -11.0. The van der Waals surface area contributed by atoms with Gasteiger partial charge in [-0.15, -0.1) is 0 Å². The van der Waals surface area contributed by atoms with Gasteiger partial charge in [-0.1, -0.05) is 147 Å². The molecular formula is C56H57N3O. The van der Waals surface area contributed by atoms with E-state index in [9.17, 15) is 5.11 Å². The fraction of sp³-hybridized carbons (Fsp3) is 0.250. The molecule has 8 rings (SSSR count). The standard InChI is InChI=1S/C56H57N3O/c1-35-28-36(2)52(60)47(29-35)53-58-51-45(18-15-19-50(51)59(53)49-25-24-43(55(6,7)8)34-46(49)38-16-13-12-14-17-38)40-30-41(32-44(31-40)56(9,10)11)48-33-39(26-27-57-48)37-20-22-42(23-21-37)54(3,4)5/h12-34,60H,1-11H3/i3D3,4D3,5D3,6D3,7D3,8D3. The maximum absolute atomic E-state index is 11.9. The molecule has 0 amide bonds. The van der Waals surface area contributed by atoms with E-state index in [1.807, 2.05) is 55.5 Å². The quantitative estimate of drug-likeness (QED) is 0.182. The van der Waals surface area contributed by atoms with Gasteiger partial charge in [0.05, 0.1) is 28.0 Å². The molecule has 1 N–H and O–H groups in total. The average Bonchev–Trinajstić information content (AvgIpc) is 3.75. The van der Waals surface area contributed by atoms with Crippen molar-refractivity contribution in [3.05, 3.63) is 167 Å². The molecule has 0 aliphatic heterocycles. The van der Waals surface area contributed by atoms with E-state index in [2.05, 4.69) is 20.8 Å². The van der Waals surface area contributed by atoms with Crippen molar-refractivity contribution in [1.82, 2.24) is 14.5 Å². The number of hydrogen-bond acceptors (Lipinski definition) is 3. The fourth-order valence-electron chi connectivity index (χ4n) is 7.75. The Labute approximate surface area is 382 Å². The van der Waals surface area contributed by atoms with Crippen LogP contribution in [0.1, 0.15) is 114 Å². The Hall–Kier alpha value is -6.26. The Morgan fingerprint density at radius 1 is 0.533 bits per heavy atom. The second kappa shape index (κ2) is 15.1. The van der Waals surface area contributed by atoms with Crippen LogP contribution in [0.5, 0.6) is 5.75 Å². The first-order valence-corrected chi connectivity index (χ1v) is 19.6. The van der Waals surface area contributed by atoms with Crippen LogP contribution >= 0.6 is 0 Å². The number of para-hydroxylation sites is 1. The van der Waals surface area contributed by atoms with Gasteiger partial charge >= 0.3 is 0 Å². The van der Waals surface area contributed by atoms with E-state index in [-0.39, 0.29) is 22.7 Å². The van der Waals surface area contributed by atoms with Crippen LogP contribution in [-0.2, 0) is 16.2 Å². The third-order valence-electron chi connectivity index (χ3n) is 10.9. The highest BCUT2D eigenvalue weighted by molar-refractivity contribution is 5.98. The van der Waals surface area contributed by atoms with Crippen molar-refractivity contribution in [1.29, 1.82) is 0 Å². The van der Waals surface area contributed by atoms with Crippen LogP contribution < -0.4 is 0 Å². The number of nitrogens with zero attached hydrogens (tertiary/aromatic N) is 3. The highest BCUT2D eigenvalue weighted by Crippen LogP contribution is 2.43. The molecule has 302 valence electrons. The molecule has 0 saturated heterocycles. The molecule has 0 aliphatic carbocycles. The van der Waals surface area contributed by atoms with Gasteiger partial charge in [0.2, 0.25) is 0 Å². The topological polar surface area (TPSA) is 50.9 Å². The van der Waals surface area contributed by atoms with Gasteiger partial charge < -0.3 is 5.11 Å². The summed E-state index contributed by atoms with van der Waals surface area (Å²) >= 11 is 0. The number of aromatic hydroxyl groups is 1. The maximum atomic E-state index is 11.9. The van der Waals surface area contributed by atoms with Crippen LogP contribution in [0.2, 0.25) is 0 Å². The summed E-state index contributed by atoms with van der Waals surface area (Å²) in [5.74, 6) is 0.202. The summed E-state index contributed by atoms with van der Waals surface area (Å²) in [7, 11) is 0. The van der Waals surface area contributed by atoms with Crippen LogP contribution in [0.25, 0.3) is 72.7 Å². The van der Waals surface area contributed by atoms with E-state index < -0.39 is 62.9 Å². The van der Waals surface area contributed by atoms with Gasteiger partial charge in [-0.05, 0) is 129 Å². The number of pyridine rings is 1. The van der Waals surface area contributed by atoms with Gasteiger partial charge in [0, 0.05) is 47.6 Å². The van der Waals surface area contributed by atoms with E-state index in [4.69, 9.17) is 34.6 Å². The molecule has 2 heterocycles. The molecule has 60 heavy (non-hydrogen) atoms. The monoisotopic (exact) mass is 806 g/mol. The maximum Gasteiger partial charge on any atom is 0.149 e. The van der Waals surface area contributed by atoms with Gasteiger partial charge in [0.25, 0.3) is 0 Å². The average molecular weight is 806 g/mol. The zero-order valence-electron chi connectivity index (χ0n) is 52.1. The lowest BCUT2D eigenvalue weighted by Crippen LogP contribution is -2.12. The summed E-state index contributed by atoms with van der Waals surface area (Å²) < 4.78 is 152. The first-order chi connectivity index (χ1) is 35.9. The third kappa shape index (κ3) is 7.79. The van der Waals surface area contributed by atoms with E-state index in [1.165, 1.54) is 42.5 Å². The highest BCUT2D eigenvalue weighted by Gasteiger charge is 2.25. The summed E-state index contributed by atoms with van der Waals surface area (Å²) in [4.78, 5) is 10.1. The van der Waals surface area contributed by atoms with Gasteiger partial charge in [-0.3, -0.25) is 9.55 Å². The minimum absolute atomic E-state index is 0.0634. The minimum atomic E-state index is -3.53. The molecule has 0 aliphatic rings. The van der Waals surface area contributed by atoms with E-state index in [0.29, 0.717) is 66.9 Å². The molecule has 0 atom stereocenters. The summed E-state index contributed by atoms with van der Waals surface area (Å²) in [5, 5.41) is 11.9. The third-order valence-corrected chi connectivity index (χ3v) is 10.9. The molecule has 0 bridgehead atoms. The number of hydrogen-bond donors (Lipinski definition) is 1. The lowest BCUT2D eigenvalue weighted by Gasteiger charge is -2.23. The Morgan fingerprint density at radius 2 is 1.23 bits per heavy atom. The zero-order chi connectivity index (χ0) is 57.7. The number of aryl methyl sites for hydroxylation is 2. The number of rotatable bonds is 6. The lowest BCUT2D eigenvalue weighted by molar-refractivity contribution is 0.472. The molecule has 4 nitrogen and oxygen atoms in total. The largest absolute Gasteiger partial charge is 0.507 e. The predicted octanol–water partition coefficient (Wildman–Crippen LogP) is 15.0. The Balaban J connectivity index is 1.38. The SMILES string of the molecule is [2H]C([2H])([2H])C(c1ccc(-c2ccnc(-c3cc(-c4cccc5c4nc(-c4cc(C)cc(C)c4O)n5-c4ccc(C(C([2H])([2H])[2H])(C([2H])([2H])[2H])C([2H])([2H])[2H])cc4-c4ccccc4)cc(C(C)(C)C)c3)c2)cc1)(C([2H])([2H])[2H])C([2H])([2H])[2H]. The summed E-state index contributed by atoms with van der Waals surface area (Å²) in [6, 6.07) is 37.0. The lowest BCUT2D eigenvalue weighted by atomic mass is 9.83. The summed E-state index contributed by atoms with van der Waals surface area (Å²) in [6.07, 6.45) is 1.60. The molecule has 8 aromatic rings. The van der Waals surface area contributed by atoms with Gasteiger partial charge in [0.15, 0.2) is 0 Å². The van der Waals surface area contributed by atoms with E-state index in [0.717, 1.165) is 11.1 Å². The number of imidazole rings is 1. The Morgan fingerprint density at radius 3 is 1.95 bits per heavy atom. The molecule has 0 fully saturated rings. The molecule has 0 spiro atoms. The minimum Gasteiger partial charge on any atom is -0.507 e. The molecule has 6 aromatic carbocycles. The van der Waals surface area contributed by atoms with Gasteiger partial charge in [0.1, 0.15) is 11.6 Å². The van der Waals surface area contributed by atoms with Gasteiger partial charge in [-0.25, -0.2) is 4.98 Å². The van der Waals surface area contributed by atoms with Crippen molar-refractivity contribution >= 4 is 11.0 Å². The first kappa shape index (κ1) is 24.1. The highest BCUT2D eigenvalue weighted by atomic mass is 16.3. The smallest absolute Gasteiger partial charge is 0.149 e. The van der Waals surface area contributed by atoms with Crippen molar-refractivity contribution in [3.8, 4) is 67.5 Å². The van der Waals surface area contributed by atoms with Crippen molar-refractivity contribution < 1.29 is 29.8 Å². The normalized spacial score (nSPS) is 18.0. The van der Waals surface area contributed by atoms with E-state index in [1.54, 1.807) is 60.2 Å². The van der Waals surface area contributed by atoms with Crippen LogP contribution in [-0.4, -0.2) is 19.6 Å². The molecule has 0 saturated carbocycles. The van der Waals surface area contributed by atoms with Crippen LogP contribution in [0, 0.1) is 13.8 Å². The second-order valence-electron chi connectivity index (χ2n) is 16.6. The van der Waals surface area contributed by atoms with Crippen LogP contribution in [0.3, 0.4) is 0 Å². The summed E-state index contributed by atoms with van der Waals surface area (Å²) in [5.41, 5.74) is 0.786. The zero-order valence-corrected chi connectivity index (χ0v) is 34.1. The van der Waals surface area contributed by atoms with Gasteiger partial charge in [-0.2, -0.15) is 0 Å². The predicted molar refractivity (Wildman–Crippen MR) is 253 cm³/mol. The first-order valence-electron chi connectivity index (χ1n) is 28.6. The van der Waals surface area contributed by atoms with Crippen molar-refractivity contribution in [2.24, 2.45) is 0 Å². The number of aromatic nitrogens is 3. The van der Waals surface area contributed by atoms with Crippen molar-refractivity contribution in [2.45, 2.75) is 92.0 Å². The van der Waals surface area contributed by atoms with Crippen LogP contribution in [0.4, 0.5) is 0 Å². The fourth-order valence-corrected chi connectivity index (χ4v) is 7.75. The Bertz CT molecular complexity index is 3490. The molecular weight excluding hydrogens is 731 g/mol. The van der Waals surface area contributed by atoms with Crippen LogP contribution in [0.15, 0.2) is 140 Å². The molecule has 2 aromatic heterocycles. The van der Waals surface area contributed by atoms with Crippen molar-refractivity contribution in [2.75, 3.05) is 0 Å². The number of benzene rings is 6. The number of phenolic OH excluding ortho intramolecular Hbond substituents is 1. The Kier molecular flexibility index (Phi) is 6.06.